The molecule has 1 atom stereocenters. The molecule has 0 aliphatic heterocycles. The van der Waals surface area contributed by atoms with Crippen LogP contribution in [0.1, 0.15) is 42.8 Å². The zero-order valence-electron chi connectivity index (χ0n) is 18.9. The van der Waals surface area contributed by atoms with E-state index in [1.54, 1.807) is 24.5 Å². The van der Waals surface area contributed by atoms with Crippen molar-refractivity contribution < 1.29 is 9.53 Å². The van der Waals surface area contributed by atoms with Gasteiger partial charge in [-0.05, 0) is 50.3 Å². The van der Waals surface area contributed by atoms with E-state index in [1.165, 1.54) is 17.7 Å². The smallest absolute Gasteiger partial charge is 0.319 e. The van der Waals surface area contributed by atoms with Crippen LogP contribution < -0.4 is 16.4 Å². The van der Waals surface area contributed by atoms with Crippen LogP contribution in [0.2, 0.25) is 0 Å². The summed E-state index contributed by atoms with van der Waals surface area (Å²) in [6, 6.07) is 3.03. The van der Waals surface area contributed by atoms with Gasteiger partial charge in [0, 0.05) is 24.4 Å². The lowest BCUT2D eigenvalue weighted by Crippen LogP contribution is -2.38. The lowest BCUT2D eigenvalue weighted by atomic mass is 10.1. The summed E-state index contributed by atoms with van der Waals surface area (Å²) in [4.78, 5) is 26.7. The van der Waals surface area contributed by atoms with Gasteiger partial charge in [0.2, 0.25) is 0 Å². The van der Waals surface area contributed by atoms with Crippen molar-refractivity contribution in [3.05, 3.63) is 41.6 Å². The Balaban J connectivity index is 1.48. The van der Waals surface area contributed by atoms with Crippen molar-refractivity contribution >= 4 is 28.6 Å². The number of urea groups is 1. The Bertz CT molecular complexity index is 1110. The molecule has 3 heterocycles. The number of nitrogen functional groups attached to an aromatic ring is 1. The molecule has 0 spiro atoms. The molecule has 4 rings (SSSR count). The van der Waals surface area contributed by atoms with Crippen LogP contribution in [0.3, 0.4) is 0 Å². The number of rotatable bonds is 9. The second kappa shape index (κ2) is 9.12. The third kappa shape index (κ3) is 4.38. The summed E-state index contributed by atoms with van der Waals surface area (Å²) in [6.07, 6.45) is 5.74. The van der Waals surface area contributed by atoms with Gasteiger partial charge in [-0.3, -0.25) is 9.88 Å². The Kier molecular flexibility index (Phi) is 6.27. The van der Waals surface area contributed by atoms with Crippen LogP contribution in [0.4, 0.5) is 16.3 Å². The van der Waals surface area contributed by atoms with E-state index in [-0.39, 0.29) is 0 Å². The van der Waals surface area contributed by atoms with E-state index >= 15 is 0 Å². The van der Waals surface area contributed by atoms with Gasteiger partial charge < -0.3 is 20.8 Å². The molecule has 170 valence electrons. The molecule has 9 heteroatoms. The van der Waals surface area contributed by atoms with Crippen molar-refractivity contribution in [1.82, 2.24) is 19.5 Å². The Hall–Kier alpha value is -3.20. The monoisotopic (exact) mass is 437 g/mol. The van der Waals surface area contributed by atoms with Gasteiger partial charge in [0.1, 0.15) is 11.3 Å². The number of ether oxygens (including phenoxy) is 1. The third-order valence-electron chi connectivity index (χ3n) is 6.30. The van der Waals surface area contributed by atoms with Crippen LogP contribution in [-0.4, -0.2) is 45.3 Å². The molecule has 9 nitrogen and oxygen atoms in total. The summed E-state index contributed by atoms with van der Waals surface area (Å²) in [7, 11) is 0. The summed E-state index contributed by atoms with van der Waals surface area (Å²) in [5.41, 5.74) is 16.2. The first-order chi connectivity index (χ1) is 15.4. The van der Waals surface area contributed by atoms with Gasteiger partial charge in [-0.1, -0.05) is 6.92 Å². The molecule has 4 N–H and O–H groups in total. The van der Waals surface area contributed by atoms with Crippen molar-refractivity contribution in [2.24, 2.45) is 11.7 Å². The van der Waals surface area contributed by atoms with Gasteiger partial charge >= 0.3 is 6.03 Å². The minimum Gasteiger partial charge on any atom is -0.382 e. The van der Waals surface area contributed by atoms with Gasteiger partial charge in [-0.15, -0.1) is 0 Å². The molecule has 1 saturated carbocycles. The second-order valence-electron chi connectivity index (χ2n) is 8.47. The largest absolute Gasteiger partial charge is 0.382 e. The molecule has 0 radical (unpaired) electrons. The fraction of sp³-hybridized carbons (Fsp3) is 0.478. The van der Waals surface area contributed by atoms with Gasteiger partial charge in [0.25, 0.3) is 0 Å². The SMILES string of the molecule is Cc1nc(N)c2nc(C(C)C3CC3)n(CCOCCN(C(N)=O)c3cccnc3)c2c1C. The van der Waals surface area contributed by atoms with Gasteiger partial charge in [-0.25, -0.2) is 14.8 Å². The number of carbonyl (C=O) groups excluding carboxylic acids is 1. The highest BCUT2D eigenvalue weighted by atomic mass is 16.5. The van der Waals surface area contributed by atoms with E-state index in [0.717, 1.165) is 28.1 Å². The molecule has 32 heavy (non-hydrogen) atoms. The number of pyridine rings is 2. The summed E-state index contributed by atoms with van der Waals surface area (Å²) in [6.45, 7) is 8.12. The summed E-state index contributed by atoms with van der Waals surface area (Å²) >= 11 is 0. The number of hydrogen-bond donors (Lipinski definition) is 2. The summed E-state index contributed by atoms with van der Waals surface area (Å²) < 4.78 is 8.15. The highest BCUT2D eigenvalue weighted by Crippen LogP contribution is 2.43. The van der Waals surface area contributed by atoms with Crippen molar-refractivity contribution in [2.75, 3.05) is 30.4 Å². The summed E-state index contributed by atoms with van der Waals surface area (Å²) in [5.74, 6) is 2.55. The van der Waals surface area contributed by atoms with Crippen molar-refractivity contribution in [2.45, 2.75) is 46.1 Å². The van der Waals surface area contributed by atoms with E-state index in [1.807, 2.05) is 6.92 Å². The Morgan fingerprint density at radius 1 is 1.31 bits per heavy atom. The number of aromatic nitrogens is 4. The normalized spacial score (nSPS) is 14.6. The van der Waals surface area contributed by atoms with Crippen LogP contribution in [0, 0.1) is 19.8 Å². The van der Waals surface area contributed by atoms with Crippen LogP contribution in [0.5, 0.6) is 0 Å². The molecule has 3 aromatic heterocycles. The van der Waals surface area contributed by atoms with E-state index in [0.29, 0.717) is 49.6 Å². The Morgan fingerprint density at radius 3 is 2.75 bits per heavy atom. The average molecular weight is 438 g/mol. The number of carbonyl (C=O) groups is 1. The molecule has 2 amide bonds. The number of nitrogens with two attached hydrogens (primary N) is 2. The number of imidazole rings is 1. The van der Waals surface area contributed by atoms with E-state index in [9.17, 15) is 4.79 Å². The number of fused-ring (bicyclic) bond motifs is 1. The minimum absolute atomic E-state index is 0.353. The van der Waals surface area contributed by atoms with Crippen LogP contribution in [0.25, 0.3) is 11.0 Å². The topological polar surface area (TPSA) is 125 Å². The summed E-state index contributed by atoms with van der Waals surface area (Å²) in [5, 5.41) is 0. The Morgan fingerprint density at radius 2 is 2.09 bits per heavy atom. The Labute approximate surface area is 187 Å². The van der Waals surface area contributed by atoms with Crippen LogP contribution >= 0.6 is 0 Å². The zero-order valence-corrected chi connectivity index (χ0v) is 18.9. The van der Waals surface area contributed by atoms with Gasteiger partial charge in [0.15, 0.2) is 5.82 Å². The average Bonchev–Trinajstić information content (AvgIpc) is 3.55. The minimum atomic E-state index is -0.531. The predicted octanol–water partition coefficient (Wildman–Crippen LogP) is 3.14. The van der Waals surface area contributed by atoms with Crippen molar-refractivity contribution in [1.29, 1.82) is 0 Å². The van der Waals surface area contributed by atoms with Crippen LogP contribution in [-0.2, 0) is 11.3 Å². The van der Waals surface area contributed by atoms with Crippen molar-refractivity contribution in [3.8, 4) is 0 Å². The number of aryl methyl sites for hydroxylation is 2. The fourth-order valence-electron chi connectivity index (χ4n) is 4.19. The third-order valence-corrected chi connectivity index (χ3v) is 6.30. The first-order valence-corrected chi connectivity index (χ1v) is 11.1. The van der Waals surface area contributed by atoms with Crippen molar-refractivity contribution in [3.63, 3.8) is 0 Å². The number of anilines is 2. The molecular formula is C23H31N7O2. The molecule has 1 aliphatic rings. The molecule has 3 aromatic rings. The molecule has 1 aliphatic carbocycles. The quantitative estimate of drug-likeness (QED) is 0.495. The molecule has 0 bridgehead atoms. The maximum atomic E-state index is 11.8. The molecule has 0 saturated heterocycles. The molecule has 1 fully saturated rings. The maximum absolute atomic E-state index is 11.8. The highest BCUT2D eigenvalue weighted by molar-refractivity contribution is 5.90. The number of amides is 2. The maximum Gasteiger partial charge on any atom is 0.319 e. The predicted molar refractivity (Wildman–Crippen MR) is 125 cm³/mol. The van der Waals surface area contributed by atoms with Gasteiger partial charge in [0.05, 0.1) is 37.2 Å². The van der Waals surface area contributed by atoms with Crippen LogP contribution in [0.15, 0.2) is 24.5 Å². The van der Waals surface area contributed by atoms with E-state index in [2.05, 4.69) is 28.4 Å². The fourth-order valence-corrected chi connectivity index (χ4v) is 4.19. The molecule has 0 aromatic carbocycles. The van der Waals surface area contributed by atoms with E-state index in [4.69, 9.17) is 21.2 Å². The zero-order chi connectivity index (χ0) is 22.8. The number of nitrogens with zero attached hydrogens (tertiary/aromatic N) is 5. The van der Waals surface area contributed by atoms with Gasteiger partial charge in [-0.2, -0.15) is 0 Å². The standard InChI is InChI=1S/C23H31N7O2/c1-14-16(3)27-21(24)19-20(14)30(22(28-19)15(2)17-6-7-17)10-12-32-11-9-29(23(25)31)18-5-4-8-26-13-18/h4-5,8,13,15,17H,6-7,9-12H2,1-3H3,(H2,24,27)(H2,25,31). The first-order valence-electron chi connectivity index (χ1n) is 11.1. The molecule has 1 unspecified atom stereocenters. The lowest BCUT2D eigenvalue weighted by molar-refractivity contribution is 0.132. The van der Waals surface area contributed by atoms with E-state index < -0.39 is 6.03 Å². The first kappa shape index (κ1) is 22.0. The lowest BCUT2D eigenvalue weighted by Gasteiger charge is -2.20. The number of primary amides is 1. The number of hydrogen-bond acceptors (Lipinski definition) is 6. The second-order valence-corrected chi connectivity index (χ2v) is 8.47. The molecular weight excluding hydrogens is 406 g/mol. The highest BCUT2D eigenvalue weighted by Gasteiger charge is 2.33.